The average molecular weight is 387 g/mol. The van der Waals surface area contributed by atoms with Gasteiger partial charge in [-0.15, -0.1) is 0 Å². The molecule has 2 aromatic carbocycles. The summed E-state index contributed by atoms with van der Waals surface area (Å²) in [6, 6.07) is 12.2. The maximum absolute atomic E-state index is 12.1. The molecule has 0 fully saturated rings. The SMILES string of the molecule is COc1ccc(C(=O)NC(=S)NNC(=O)COc2cccc(C)c2C)cc1. The lowest BCUT2D eigenvalue weighted by atomic mass is 10.1. The molecule has 0 saturated heterocycles. The summed E-state index contributed by atoms with van der Waals surface area (Å²) in [4.78, 5) is 23.9. The summed E-state index contributed by atoms with van der Waals surface area (Å²) in [5, 5.41) is 2.43. The number of methoxy groups -OCH3 is 1. The van der Waals surface area contributed by atoms with Crippen molar-refractivity contribution in [3.63, 3.8) is 0 Å². The molecule has 7 nitrogen and oxygen atoms in total. The highest BCUT2D eigenvalue weighted by atomic mass is 32.1. The van der Waals surface area contributed by atoms with E-state index in [9.17, 15) is 9.59 Å². The zero-order valence-electron chi connectivity index (χ0n) is 15.3. The number of hydrazine groups is 1. The minimum Gasteiger partial charge on any atom is -0.497 e. The number of aryl methyl sites for hydroxylation is 1. The monoisotopic (exact) mass is 387 g/mol. The Kier molecular flexibility index (Phi) is 7.13. The molecule has 0 spiro atoms. The largest absolute Gasteiger partial charge is 0.497 e. The molecule has 0 aliphatic carbocycles. The van der Waals surface area contributed by atoms with Gasteiger partial charge >= 0.3 is 0 Å². The first-order valence-electron chi connectivity index (χ1n) is 8.14. The van der Waals surface area contributed by atoms with Crippen molar-refractivity contribution in [2.75, 3.05) is 13.7 Å². The third-order valence-corrected chi connectivity index (χ3v) is 4.01. The molecular weight excluding hydrogens is 366 g/mol. The van der Waals surface area contributed by atoms with Crippen LogP contribution in [0.2, 0.25) is 0 Å². The van der Waals surface area contributed by atoms with Gasteiger partial charge in [-0.2, -0.15) is 0 Å². The normalized spacial score (nSPS) is 9.89. The summed E-state index contributed by atoms with van der Waals surface area (Å²) < 4.78 is 10.5. The first-order chi connectivity index (χ1) is 12.9. The van der Waals surface area contributed by atoms with E-state index in [2.05, 4.69) is 16.2 Å². The van der Waals surface area contributed by atoms with Gasteiger partial charge in [-0.05, 0) is 67.5 Å². The predicted octanol–water partition coefficient (Wildman–Crippen LogP) is 2.03. The Labute approximate surface area is 163 Å². The van der Waals surface area contributed by atoms with Gasteiger partial charge in [0.1, 0.15) is 11.5 Å². The number of carbonyl (C=O) groups is 2. The second-order valence-corrected chi connectivity index (χ2v) is 6.08. The summed E-state index contributed by atoms with van der Waals surface area (Å²) in [5.74, 6) is 0.442. The smallest absolute Gasteiger partial charge is 0.276 e. The van der Waals surface area contributed by atoms with Gasteiger partial charge in [0.15, 0.2) is 11.7 Å². The van der Waals surface area contributed by atoms with Gasteiger partial charge in [-0.3, -0.25) is 25.8 Å². The minimum absolute atomic E-state index is 0.0316. The Morgan fingerprint density at radius 2 is 1.74 bits per heavy atom. The van der Waals surface area contributed by atoms with Crippen molar-refractivity contribution >= 4 is 29.1 Å². The van der Waals surface area contributed by atoms with Crippen molar-refractivity contribution in [3.8, 4) is 11.5 Å². The van der Waals surface area contributed by atoms with Gasteiger partial charge < -0.3 is 9.47 Å². The first-order valence-corrected chi connectivity index (χ1v) is 8.54. The van der Waals surface area contributed by atoms with E-state index in [4.69, 9.17) is 21.7 Å². The van der Waals surface area contributed by atoms with E-state index in [0.717, 1.165) is 11.1 Å². The average Bonchev–Trinajstić information content (AvgIpc) is 2.67. The van der Waals surface area contributed by atoms with Gasteiger partial charge in [-0.1, -0.05) is 12.1 Å². The van der Waals surface area contributed by atoms with E-state index < -0.39 is 11.8 Å². The minimum atomic E-state index is -0.433. The molecule has 0 saturated carbocycles. The quantitative estimate of drug-likeness (QED) is 0.537. The second-order valence-electron chi connectivity index (χ2n) is 5.67. The van der Waals surface area contributed by atoms with Crippen LogP contribution in [0.25, 0.3) is 0 Å². The van der Waals surface area contributed by atoms with Crippen LogP contribution in [0.1, 0.15) is 21.5 Å². The van der Waals surface area contributed by atoms with E-state index in [-0.39, 0.29) is 11.7 Å². The Hall–Kier alpha value is -3.13. The third kappa shape index (κ3) is 5.96. The van der Waals surface area contributed by atoms with E-state index in [1.165, 1.54) is 0 Å². The molecule has 2 rings (SSSR count). The molecule has 0 bridgehead atoms. The van der Waals surface area contributed by atoms with Crippen LogP contribution in [0.15, 0.2) is 42.5 Å². The molecule has 0 heterocycles. The molecule has 0 unspecified atom stereocenters. The molecular formula is C19H21N3O4S. The highest BCUT2D eigenvalue weighted by molar-refractivity contribution is 7.80. The van der Waals surface area contributed by atoms with Crippen LogP contribution in [0.3, 0.4) is 0 Å². The van der Waals surface area contributed by atoms with Crippen LogP contribution in [-0.4, -0.2) is 30.6 Å². The molecule has 3 N–H and O–H groups in total. The van der Waals surface area contributed by atoms with Crippen molar-refractivity contribution in [3.05, 3.63) is 59.2 Å². The Balaban J connectivity index is 1.76. The Bertz CT molecular complexity index is 837. The summed E-state index contributed by atoms with van der Waals surface area (Å²) in [5.41, 5.74) is 7.29. The maximum Gasteiger partial charge on any atom is 0.276 e. The highest BCUT2D eigenvalue weighted by Crippen LogP contribution is 2.20. The number of nitrogens with one attached hydrogen (secondary N) is 3. The molecule has 0 radical (unpaired) electrons. The summed E-state index contributed by atoms with van der Waals surface area (Å²) in [6.45, 7) is 3.70. The van der Waals surface area contributed by atoms with Crippen molar-refractivity contribution < 1.29 is 19.1 Å². The number of hydrogen-bond donors (Lipinski definition) is 3. The lowest BCUT2D eigenvalue weighted by Gasteiger charge is -2.13. The lowest BCUT2D eigenvalue weighted by molar-refractivity contribution is -0.123. The van der Waals surface area contributed by atoms with Crippen molar-refractivity contribution in [1.82, 2.24) is 16.2 Å². The predicted molar refractivity (Wildman–Crippen MR) is 106 cm³/mol. The number of rotatable bonds is 5. The van der Waals surface area contributed by atoms with Crippen molar-refractivity contribution in [1.29, 1.82) is 0 Å². The molecule has 2 amide bonds. The van der Waals surface area contributed by atoms with Gasteiger partial charge in [0, 0.05) is 5.56 Å². The van der Waals surface area contributed by atoms with Crippen molar-refractivity contribution in [2.45, 2.75) is 13.8 Å². The fraction of sp³-hybridized carbons (Fsp3) is 0.211. The van der Waals surface area contributed by atoms with Crippen LogP contribution >= 0.6 is 12.2 Å². The number of ether oxygens (including phenoxy) is 2. The van der Waals surface area contributed by atoms with E-state index >= 15 is 0 Å². The Morgan fingerprint density at radius 3 is 2.41 bits per heavy atom. The first kappa shape index (κ1) is 20.2. The third-order valence-electron chi connectivity index (χ3n) is 3.81. The zero-order chi connectivity index (χ0) is 19.8. The van der Waals surface area contributed by atoms with Crippen LogP contribution in [0.5, 0.6) is 11.5 Å². The summed E-state index contributed by atoms with van der Waals surface area (Å²) in [7, 11) is 1.54. The molecule has 0 aliphatic heterocycles. The standard InChI is InChI=1S/C19H21N3O4S/c1-12-5-4-6-16(13(12)2)26-11-17(23)21-22-19(27)20-18(24)14-7-9-15(25-3)10-8-14/h4-10H,11H2,1-3H3,(H,21,23)(H2,20,22,24,27). The van der Waals surface area contributed by atoms with E-state index in [1.54, 1.807) is 37.4 Å². The van der Waals surface area contributed by atoms with Gasteiger partial charge in [0.05, 0.1) is 7.11 Å². The lowest BCUT2D eigenvalue weighted by Crippen LogP contribution is -2.49. The molecule has 0 aliphatic rings. The van der Waals surface area contributed by atoms with Crippen LogP contribution < -0.4 is 25.6 Å². The molecule has 27 heavy (non-hydrogen) atoms. The number of benzene rings is 2. The van der Waals surface area contributed by atoms with Gasteiger partial charge in [0.25, 0.3) is 11.8 Å². The maximum atomic E-state index is 12.1. The zero-order valence-corrected chi connectivity index (χ0v) is 16.1. The van der Waals surface area contributed by atoms with Crippen LogP contribution in [0, 0.1) is 13.8 Å². The van der Waals surface area contributed by atoms with Crippen LogP contribution in [0.4, 0.5) is 0 Å². The number of hydrogen-bond acceptors (Lipinski definition) is 5. The topological polar surface area (TPSA) is 88.7 Å². The number of thiocarbonyl (C=S) groups is 1. The second kappa shape index (κ2) is 9.54. The van der Waals surface area contributed by atoms with Gasteiger partial charge in [-0.25, -0.2) is 0 Å². The summed E-state index contributed by atoms with van der Waals surface area (Å²) in [6.07, 6.45) is 0. The number of carbonyl (C=O) groups excluding carboxylic acids is 2. The molecule has 2 aromatic rings. The fourth-order valence-corrected chi connectivity index (χ4v) is 2.28. The van der Waals surface area contributed by atoms with Crippen molar-refractivity contribution in [2.24, 2.45) is 0 Å². The van der Waals surface area contributed by atoms with Gasteiger partial charge in [0.2, 0.25) is 0 Å². The number of amides is 2. The molecule has 8 heteroatoms. The molecule has 0 atom stereocenters. The van der Waals surface area contributed by atoms with E-state index in [0.29, 0.717) is 17.1 Å². The highest BCUT2D eigenvalue weighted by Gasteiger charge is 2.10. The van der Waals surface area contributed by atoms with Crippen LogP contribution in [-0.2, 0) is 4.79 Å². The van der Waals surface area contributed by atoms with E-state index in [1.807, 2.05) is 26.0 Å². The summed E-state index contributed by atoms with van der Waals surface area (Å²) >= 11 is 4.99. The Morgan fingerprint density at radius 1 is 1.04 bits per heavy atom. The molecule has 142 valence electrons. The fourth-order valence-electron chi connectivity index (χ4n) is 2.14. The molecule has 0 aromatic heterocycles.